The predicted octanol–water partition coefficient (Wildman–Crippen LogP) is 3.26. The molecule has 14 heteroatoms. The van der Waals surface area contributed by atoms with Crippen molar-refractivity contribution in [3.05, 3.63) is 35.0 Å². The molecule has 1 unspecified atom stereocenters. The quantitative estimate of drug-likeness (QED) is 0.249. The van der Waals surface area contributed by atoms with E-state index in [2.05, 4.69) is 49.0 Å². The summed E-state index contributed by atoms with van der Waals surface area (Å²) in [7, 11) is -9.28. The zero-order valence-electron chi connectivity index (χ0n) is 19.1. The van der Waals surface area contributed by atoms with Gasteiger partial charge < -0.3 is 39.6 Å². The lowest BCUT2D eigenvalue weighted by Crippen LogP contribution is -2.25. The molecule has 0 amide bonds. The summed E-state index contributed by atoms with van der Waals surface area (Å²) >= 11 is 6.08. The lowest BCUT2D eigenvalue weighted by Gasteiger charge is -2.21. The molecule has 2 rings (SSSR count). The van der Waals surface area contributed by atoms with Gasteiger partial charge in [0.1, 0.15) is 0 Å². The maximum Gasteiger partial charge on any atom is 0.466 e. The standard InChI is InChI=1S/C19H28ClN3.2H3O4P/c1-5-23(6-2)11-7-8-15(4)22-19-14(3)13-21-18-12-16(20)9-10-17(18)19;2*1-5(2,3)4/h9-10,12-13,15H,5-8,11H2,1-4H3,(H,21,22);2*(H3,1,2,3,4). The summed E-state index contributed by atoms with van der Waals surface area (Å²) in [6.07, 6.45) is 4.29. The van der Waals surface area contributed by atoms with Crippen molar-refractivity contribution in [3.8, 4) is 0 Å². The van der Waals surface area contributed by atoms with Crippen molar-refractivity contribution < 1.29 is 38.5 Å². The molecule has 2 aromatic rings. The number of hydrogen-bond donors (Lipinski definition) is 7. The van der Waals surface area contributed by atoms with Crippen LogP contribution < -0.4 is 5.32 Å². The van der Waals surface area contributed by atoms with Crippen LogP contribution in [-0.2, 0) is 9.13 Å². The number of nitrogens with zero attached hydrogens (tertiary/aromatic N) is 2. The lowest BCUT2D eigenvalue weighted by molar-refractivity contribution is 0.272. The van der Waals surface area contributed by atoms with Crippen LogP contribution in [-0.4, -0.2) is 64.9 Å². The fraction of sp³-hybridized carbons (Fsp3) is 0.526. The average molecular weight is 530 g/mol. The number of aromatic nitrogens is 1. The van der Waals surface area contributed by atoms with Crippen molar-refractivity contribution in [1.29, 1.82) is 0 Å². The third-order valence-electron chi connectivity index (χ3n) is 4.42. The molecular formula is C19H34ClN3O8P2. The first-order chi connectivity index (χ1) is 15.0. The first kappa shape index (κ1) is 31.9. The summed E-state index contributed by atoms with van der Waals surface area (Å²) in [5.41, 5.74) is 3.30. The van der Waals surface area contributed by atoms with Gasteiger partial charge in [0.25, 0.3) is 0 Å². The fourth-order valence-electron chi connectivity index (χ4n) is 2.94. The summed E-state index contributed by atoms with van der Waals surface area (Å²) in [6, 6.07) is 6.35. The Labute approximate surface area is 198 Å². The molecule has 1 aromatic carbocycles. The fourth-order valence-corrected chi connectivity index (χ4v) is 3.10. The highest BCUT2D eigenvalue weighted by Gasteiger charge is 2.10. The van der Waals surface area contributed by atoms with Crippen LogP contribution in [0.25, 0.3) is 10.9 Å². The first-order valence-electron chi connectivity index (χ1n) is 10.1. The largest absolute Gasteiger partial charge is 0.466 e. The Hall–Kier alpha value is -1.10. The van der Waals surface area contributed by atoms with Crippen LogP contribution in [0.1, 0.15) is 39.2 Å². The molecule has 1 aromatic heterocycles. The van der Waals surface area contributed by atoms with Crippen LogP contribution in [0.4, 0.5) is 5.69 Å². The molecule has 33 heavy (non-hydrogen) atoms. The molecule has 0 saturated carbocycles. The van der Waals surface area contributed by atoms with Crippen LogP contribution in [0.5, 0.6) is 0 Å². The second-order valence-corrected chi connectivity index (χ2v) is 9.71. The number of anilines is 1. The normalized spacial score (nSPS) is 12.5. The van der Waals surface area contributed by atoms with E-state index in [0.29, 0.717) is 6.04 Å². The van der Waals surface area contributed by atoms with Gasteiger partial charge in [-0.05, 0) is 70.1 Å². The van der Waals surface area contributed by atoms with E-state index in [4.69, 9.17) is 50.1 Å². The number of fused-ring (bicyclic) bond motifs is 1. The summed E-state index contributed by atoms with van der Waals surface area (Å²) in [6.45, 7) is 12.2. The minimum Gasteiger partial charge on any atom is -0.382 e. The van der Waals surface area contributed by atoms with Gasteiger partial charge in [-0.25, -0.2) is 9.13 Å². The molecule has 0 fully saturated rings. The van der Waals surface area contributed by atoms with Gasteiger partial charge in [0, 0.05) is 28.3 Å². The predicted molar refractivity (Wildman–Crippen MR) is 130 cm³/mol. The number of aryl methyl sites for hydroxylation is 1. The Bertz CT molecular complexity index is 913. The van der Waals surface area contributed by atoms with Gasteiger partial charge in [0.2, 0.25) is 0 Å². The third-order valence-corrected chi connectivity index (χ3v) is 4.65. The molecule has 0 aliphatic heterocycles. The second kappa shape index (κ2) is 15.0. The summed E-state index contributed by atoms with van der Waals surface area (Å²) < 4.78 is 17.8. The van der Waals surface area contributed by atoms with Crippen molar-refractivity contribution in [1.82, 2.24) is 9.88 Å². The third kappa shape index (κ3) is 17.1. The van der Waals surface area contributed by atoms with E-state index in [1.807, 2.05) is 18.3 Å². The number of pyridine rings is 1. The highest BCUT2D eigenvalue weighted by Crippen LogP contribution is 2.28. The molecule has 0 bridgehead atoms. The van der Waals surface area contributed by atoms with Gasteiger partial charge >= 0.3 is 15.6 Å². The number of halogens is 1. The molecule has 0 saturated heterocycles. The number of phosphoric acid groups is 2. The van der Waals surface area contributed by atoms with E-state index in [1.165, 1.54) is 24.2 Å². The Morgan fingerprint density at radius 3 is 2.06 bits per heavy atom. The molecule has 190 valence electrons. The van der Waals surface area contributed by atoms with Crippen molar-refractivity contribution >= 4 is 43.8 Å². The molecule has 7 N–H and O–H groups in total. The van der Waals surface area contributed by atoms with Gasteiger partial charge in [-0.3, -0.25) is 4.98 Å². The summed E-state index contributed by atoms with van der Waals surface area (Å²) in [5.74, 6) is 0. The molecular weight excluding hydrogens is 496 g/mol. The Morgan fingerprint density at radius 2 is 1.58 bits per heavy atom. The lowest BCUT2D eigenvalue weighted by atomic mass is 10.1. The molecule has 1 atom stereocenters. The highest BCUT2D eigenvalue weighted by atomic mass is 35.5. The maximum atomic E-state index is 8.88. The summed E-state index contributed by atoms with van der Waals surface area (Å²) in [4.78, 5) is 50.1. The number of rotatable bonds is 8. The number of nitrogens with one attached hydrogen (secondary N) is 1. The monoisotopic (exact) mass is 529 g/mol. The van der Waals surface area contributed by atoms with Crippen LogP contribution >= 0.6 is 27.2 Å². The van der Waals surface area contributed by atoms with Crippen molar-refractivity contribution in [2.75, 3.05) is 25.0 Å². The number of hydrogen-bond acceptors (Lipinski definition) is 5. The van der Waals surface area contributed by atoms with Gasteiger partial charge in [0.15, 0.2) is 0 Å². The zero-order valence-corrected chi connectivity index (χ0v) is 21.6. The van der Waals surface area contributed by atoms with Crippen molar-refractivity contribution in [2.45, 2.75) is 46.6 Å². The zero-order chi connectivity index (χ0) is 25.8. The van der Waals surface area contributed by atoms with E-state index in [-0.39, 0.29) is 0 Å². The average Bonchev–Trinajstić information content (AvgIpc) is 2.65. The van der Waals surface area contributed by atoms with Crippen LogP contribution in [0, 0.1) is 6.92 Å². The Kier molecular flexibility index (Phi) is 14.5. The molecule has 11 nitrogen and oxygen atoms in total. The second-order valence-electron chi connectivity index (χ2n) is 7.22. The minimum absolute atomic E-state index is 0.436. The smallest absolute Gasteiger partial charge is 0.382 e. The molecule has 0 aliphatic carbocycles. The summed E-state index contributed by atoms with van der Waals surface area (Å²) in [5, 5.41) is 5.55. The molecule has 0 spiro atoms. The SMILES string of the molecule is CCN(CC)CCCC(C)Nc1c(C)cnc2cc(Cl)ccc12.O=P(O)(O)O.O=P(O)(O)O. The Balaban J connectivity index is 0.000000859. The number of benzene rings is 1. The first-order valence-corrected chi connectivity index (χ1v) is 13.7. The van der Waals surface area contributed by atoms with Crippen molar-refractivity contribution in [3.63, 3.8) is 0 Å². The topological polar surface area (TPSA) is 184 Å². The van der Waals surface area contributed by atoms with E-state index >= 15 is 0 Å². The van der Waals surface area contributed by atoms with Gasteiger partial charge in [-0.15, -0.1) is 0 Å². The van der Waals surface area contributed by atoms with Crippen molar-refractivity contribution in [2.24, 2.45) is 0 Å². The van der Waals surface area contributed by atoms with E-state index in [9.17, 15) is 0 Å². The van der Waals surface area contributed by atoms with E-state index < -0.39 is 15.6 Å². The van der Waals surface area contributed by atoms with Crippen LogP contribution in [0.2, 0.25) is 5.02 Å². The van der Waals surface area contributed by atoms with Gasteiger partial charge in [-0.2, -0.15) is 0 Å². The highest BCUT2D eigenvalue weighted by molar-refractivity contribution is 7.45. The van der Waals surface area contributed by atoms with Gasteiger partial charge in [0.05, 0.1) is 5.52 Å². The Morgan fingerprint density at radius 1 is 1.06 bits per heavy atom. The van der Waals surface area contributed by atoms with E-state index in [0.717, 1.165) is 35.4 Å². The van der Waals surface area contributed by atoms with Crippen LogP contribution in [0.15, 0.2) is 24.4 Å². The molecule has 0 radical (unpaired) electrons. The van der Waals surface area contributed by atoms with Gasteiger partial charge in [-0.1, -0.05) is 25.4 Å². The van der Waals surface area contributed by atoms with Crippen LogP contribution in [0.3, 0.4) is 0 Å². The van der Waals surface area contributed by atoms with E-state index in [1.54, 1.807) is 0 Å². The molecule has 0 aliphatic rings. The minimum atomic E-state index is -4.64. The maximum absolute atomic E-state index is 8.88. The molecule has 1 heterocycles.